The van der Waals surface area contributed by atoms with Crippen LogP contribution < -0.4 is 11.1 Å². The molecule has 3 N–H and O–H groups in total. The number of nitrogens with one attached hydrogen (secondary N) is 1. The Hall–Kier alpha value is -0.870. The van der Waals surface area contributed by atoms with Crippen molar-refractivity contribution in [2.75, 3.05) is 0 Å². The fourth-order valence-electron chi connectivity index (χ4n) is 3.02. The van der Waals surface area contributed by atoms with Crippen molar-refractivity contribution in [2.45, 2.75) is 58.0 Å². The number of rotatable bonds is 6. The van der Waals surface area contributed by atoms with Crippen molar-refractivity contribution < 1.29 is 4.79 Å². The minimum atomic E-state index is -0.332. The lowest BCUT2D eigenvalue weighted by Gasteiger charge is -2.30. The Bertz CT molecular complexity index is 410. The highest BCUT2D eigenvalue weighted by Gasteiger charge is 2.21. The SMILES string of the molecule is CCC(NCc1cc(C(N)=O)cs1)C1CCCCC1. The van der Waals surface area contributed by atoms with E-state index >= 15 is 0 Å². The number of nitrogens with two attached hydrogens (primary N) is 1. The molecule has 1 aromatic rings. The molecule has 1 saturated carbocycles. The Morgan fingerprint density at radius 1 is 1.47 bits per heavy atom. The van der Waals surface area contributed by atoms with Crippen LogP contribution in [0.3, 0.4) is 0 Å². The van der Waals surface area contributed by atoms with E-state index in [0.717, 1.165) is 12.5 Å². The van der Waals surface area contributed by atoms with Crippen molar-refractivity contribution in [3.63, 3.8) is 0 Å². The second-order valence-electron chi connectivity index (χ2n) is 5.46. The van der Waals surface area contributed by atoms with Crippen LogP contribution in [0, 0.1) is 5.92 Å². The van der Waals surface area contributed by atoms with Crippen molar-refractivity contribution in [1.29, 1.82) is 0 Å². The third-order valence-corrected chi connectivity index (χ3v) is 5.07. The predicted molar refractivity (Wildman–Crippen MR) is 80.3 cm³/mol. The Labute approximate surface area is 119 Å². The molecule has 1 fully saturated rings. The van der Waals surface area contributed by atoms with E-state index in [9.17, 15) is 4.79 Å². The summed E-state index contributed by atoms with van der Waals surface area (Å²) in [5.74, 6) is 0.496. The first-order valence-corrected chi connectivity index (χ1v) is 8.19. The van der Waals surface area contributed by atoms with E-state index < -0.39 is 0 Å². The van der Waals surface area contributed by atoms with Crippen molar-refractivity contribution in [3.8, 4) is 0 Å². The smallest absolute Gasteiger partial charge is 0.249 e. The van der Waals surface area contributed by atoms with Gasteiger partial charge >= 0.3 is 0 Å². The zero-order chi connectivity index (χ0) is 13.7. The van der Waals surface area contributed by atoms with Crippen LogP contribution in [-0.2, 0) is 6.54 Å². The Morgan fingerprint density at radius 3 is 2.79 bits per heavy atom. The highest BCUT2D eigenvalue weighted by Crippen LogP contribution is 2.28. The van der Waals surface area contributed by atoms with Crippen LogP contribution in [0.1, 0.15) is 60.7 Å². The molecular weight excluding hydrogens is 256 g/mol. The minimum absolute atomic E-state index is 0.332. The van der Waals surface area contributed by atoms with E-state index in [1.165, 1.54) is 43.4 Å². The summed E-state index contributed by atoms with van der Waals surface area (Å²) in [6.45, 7) is 3.11. The van der Waals surface area contributed by atoms with Gasteiger partial charge in [-0.3, -0.25) is 4.79 Å². The van der Waals surface area contributed by atoms with Crippen LogP contribution in [0.25, 0.3) is 0 Å². The summed E-state index contributed by atoms with van der Waals surface area (Å²) >= 11 is 1.61. The second kappa shape index (κ2) is 7.06. The van der Waals surface area contributed by atoms with Crippen LogP contribution >= 0.6 is 11.3 Å². The molecule has 0 aromatic carbocycles. The molecule has 0 saturated heterocycles. The molecule has 4 heteroatoms. The Balaban J connectivity index is 1.86. The van der Waals surface area contributed by atoms with Crippen LogP contribution in [0.5, 0.6) is 0 Å². The Morgan fingerprint density at radius 2 is 2.21 bits per heavy atom. The largest absolute Gasteiger partial charge is 0.366 e. The molecule has 1 aromatic heterocycles. The average molecular weight is 280 g/mol. The molecule has 106 valence electrons. The molecule has 0 radical (unpaired) electrons. The summed E-state index contributed by atoms with van der Waals surface area (Å²) < 4.78 is 0. The highest BCUT2D eigenvalue weighted by atomic mass is 32.1. The zero-order valence-electron chi connectivity index (χ0n) is 11.7. The number of hydrogen-bond donors (Lipinski definition) is 2. The third-order valence-electron chi connectivity index (χ3n) is 4.14. The van der Waals surface area contributed by atoms with Crippen molar-refractivity contribution >= 4 is 17.2 Å². The number of carbonyl (C=O) groups excluding carboxylic acids is 1. The normalized spacial score (nSPS) is 18.4. The van der Waals surface area contributed by atoms with Crippen LogP contribution in [0.4, 0.5) is 0 Å². The zero-order valence-corrected chi connectivity index (χ0v) is 12.5. The molecule has 1 aliphatic rings. The third kappa shape index (κ3) is 4.05. The van der Waals surface area contributed by atoms with E-state index in [2.05, 4.69) is 12.2 Å². The summed E-state index contributed by atoms with van der Waals surface area (Å²) in [5, 5.41) is 5.51. The number of thiophene rings is 1. The van der Waals surface area contributed by atoms with Crippen molar-refractivity contribution in [2.24, 2.45) is 11.7 Å². The lowest BCUT2D eigenvalue weighted by Crippen LogP contribution is -2.36. The number of hydrogen-bond acceptors (Lipinski definition) is 3. The minimum Gasteiger partial charge on any atom is -0.366 e. The fraction of sp³-hybridized carbons (Fsp3) is 0.667. The summed E-state index contributed by atoms with van der Waals surface area (Å²) in [7, 11) is 0. The lowest BCUT2D eigenvalue weighted by atomic mass is 9.83. The van der Waals surface area contributed by atoms with Gasteiger partial charge in [0.05, 0.1) is 5.56 Å². The summed E-state index contributed by atoms with van der Waals surface area (Å²) in [6.07, 6.45) is 8.07. The first-order chi connectivity index (χ1) is 9.20. The Kier molecular flexibility index (Phi) is 5.40. The lowest BCUT2D eigenvalue weighted by molar-refractivity contribution is 0.100. The predicted octanol–water partition coefficient (Wildman–Crippen LogP) is 3.30. The van der Waals surface area contributed by atoms with Gasteiger partial charge in [0.2, 0.25) is 5.91 Å². The molecule has 2 rings (SSSR count). The molecule has 3 nitrogen and oxygen atoms in total. The van der Waals surface area contributed by atoms with Gasteiger partial charge in [0.15, 0.2) is 0 Å². The average Bonchev–Trinajstić information content (AvgIpc) is 2.90. The van der Waals surface area contributed by atoms with Crippen LogP contribution in [0.15, 0.2) is 11.4 Å². The molecule has 1 amide bonds. The van der Waals surface area contributed by atoms with Gasteiger partial charge in [-0.15, -0.1) is 11.3 Å². The van der Waals surface area contributed by atoms with Crippen molar-refractivity contribution in [1.82, 2.24) is 5.32 Å². The fourth-order valence-corrected chi connectivity index (χ4v) is 3.84. The number of carbonyl (C=O) groups is 1. The van der Waals surface area contributed by atoms with Gasteiger partial charge in [-0.25, -0.2) is 0 Å². The summed E-state index contributed by atoms with van der Waals surface area (Å²) in [4.78, 5) is 12.3. The van der Waals surface area contributed by atoms with Gasteiger partial charge in [0.1, 0.15) is 0 Å². The van der Waals surface area contributed by atoms with Gasteiger partial charge in [0.25, 0.3) is 0 Å². The second-order valence-corrected chi connectivity index (χ2v) is 6.46. The molecule has 1 unspecified atom stereocenters. The van der Waals surface area contributed by atoms with Gasteiger partial charge in [-0.1, -0.05) is 26.2 Å². The topological polar surface area (TPSA) is 55.1 Å². The number of amides is 1. The molecular formula is C15H24N2OS. The molecule has 1 atom stereocenters. The first kappa shape index (κ1) is 14.5. The summed E-state index contributed by atoms with van der Waals surface area (Å²) in [5.41, 5.74) is 5.91. The highest BCUT2D eigenvalue weighted by molar-refractivity contribution is 7.10. The number of primary amides is 1. The monoisotopic (exact) mass is 280 g/mol. The maximum absolute atomic E-state index is 11.1. The van der Waals surface area contributed by atoms with Gasteiger partial charge in [0, 0.05) is 22.8 Å². The van der Waals surface area contributed by atoms with Crippen LogP contribution in [0.2, 0.25) is 0 Å². The standard InChI is InChI=1S/C15H24N2OS/c1-2-14(11-6-4-3-5-7-11)17-9-13-8-12(10-19-13)15(16)18/h8,10-11,14,17H,2-7,9H2,1H3,(H2,16,18). The van der Waals surface area contributed by atoms with E-state index in [0.29, 0.717) is 11.6 Å². The van der Waals surface area contributed by atoms with E-state index in [1.54, 1.807) is 11.3 Å². The molecule has 1 aliphatic carbocycles. The van der Waals surface area contributed by atoms with Crippen LogP contribution in [-0.4, -0.2) is 11.9 Å². The quantitative estimate of drug-likeness (QED) is 0.840. The summed E-state index contributed by atoms with van der Waals surface area (Å²) in [6, 6.07) is 2.52. The molecule has 0 bridgehead atoms. The van der Waals surface area contributed by atoms with E-state index in [1.807, 2.05) is 11.4 Å². The van der Waals surface area contributed by atoms with Crippen molar-refractivity contribution in [3.05, 3.63) is 21.9 Å². The van der Waals surface area contributed by atoms with Gasteiger partial charge < -0.3 is 11.1 Å². The maximum atomic E-state index is 11.1. The first-order valence-electron chi connectivity index (χ1n) is 7.31. The van der Waals surface area contributed by atoms with Gasteiger partial charge in [-0.2, -0.15) is 0 Å². The van der Waals surface area contributed by atoms with E-state index in [4.69, 9.17) is 5.73 Å². The molecule has 0 spiro atoms. The molecule has 1 heterocycles. The molecule has 0 aliphatic heterocycles. The maximum Gasteiger partial charge on any atom is 0.249 e. The molecule has 19 heavy (non-hydrogen) atoms. The van der Waals surface area contributed by atoms with Gasteiger partial charge in [-0.05, 0) is 31.2 Å². The van der Waals surface area contributed by atoms with E-state index in [-0.39, 0.29) is 5.91 Å².